The Morgan fingerprint density at radius 2 is 2.31 bits per heavy atom. The first-order valence-corrected chi connectivity index (χ1v) is 5.98. The van der Waals surface area contributed by atoms with Crippen LogP contribution < -0.4 is 10.6 Å². The van der Waals surface area contributed by atoms with Gasteiger partial charge in [-0.05, 0) is 19.1 Å². The van der Waals surface area contributed by atoms with Crippen LogP contribution in [-0.2, 0) is 13.1 Å². The third-order valence-electron chi connectivity index (χ3n) is 2.26. The number of anilines is 1. The molecule has 16 heavy (non-hydrogen) atoms. The summed E-state index contributed by atoms with van der Waals surface area (Å²) in [5, 5.41) is 2.95. The largest absolute Gasteiger partial charge is 0.464 e. The molecule has 0 aliphatic carbocycles. The fraction of sp³-hybridized carbons (Fsp3) is 0.364. The third-order valence-corrected chi connectivity index (χ3v) is 3.27. The molecule has 0 saturated carbocycles. The van der Waals surface area contributed by atoms with Crippen molar-refractivity contribution in [1.29, 1.82) is 0 Å². The number of hydrogen-bond donors (Lipinski definition) is 1. The Kier molecular flexibility index (Phi) is 3.26. The minimum Gasteiger partial charge on any atom is -0.464 e. The lowest BCUT2D eigenvalue weighted by atomic mass is 10.4. The van der Waals surface area contributed by atoms with Gasteiger partial charge in [-0.15, -0.1) is 11.3 Å². The van der Waals surface area contributed by atoms with Crippen LogP contribution in [0.25, 0.3) is 0 Å². The van der Waals surface area contributed by atoms with Gasteiger partial charge in [0.05, 0.1) is 12.2 Å². The molecule has 0 radical (unpaired) electrons. The molecule has 0 saturated heterocycles. The number of rotatable bonds is 4. The van der Waals surface area contributed by atoms with Crippen LogP contribution in [0.5, 0.6) is 0 Å². The Morgan fingerprint density at radius 1 is 1.50 bits per heavy atom. The Hall–Kier alpha value is -1.33. The van der Waals surface area contributed by atoms with Gasteiger partial charge in [0.25, 0.3) is 0 Å². The van der Waals surface area contributed by atoms with Crippen molar-refractivity contribution >= 4 is 16.5 Å². The summed E-state index contributed by atoms with van der Waals surface area (Å²) in [5.41, 5.74) is 6.46. The molecule has 0 fully saturated rings. The molecule has 2 heterocycles. The van der Waals surface area contributed by atoms with Gasteiger partial charge in [0, 0.05) is 19.0 Å². The van der Waals surface area contributed by atoms with Crippen LogP contribution in [0.4, 0.5) is 5.13 Å². The number of aromatic nitrogens is 1. The highest BCUT2D eigenvalue weighted by atomic mass is 32.1. The molecular formula is C11H15N3OS. The summed E-state index contributed by atoms with van der Waals surface area (Å²) < 4.78 is 5.52. The third kappa shape index (κ3) is 2.43. The number of nitrogens with two attached hydrogens (primary N) is 1. The predicted octanol–water partition coefficient (Wildman–Crippen LogP) is 2.14. The molecule has 5 heteroatoms. The smallest absolute Gasteiger partial charge is 0.185 e. The first kappa shape index (κ1) is 11.2. The fourth-order valence-electron chi connectivity index (χ4n) is 1.44. The number of furan rings is 1. The van der Waals surface area contributed by atoms with Crippen molar-refractivity contribution in [2.45, 2.75) is 20.0 Å². The molecule has 2 aromatic rings. The average Bonchev–Trinajstić information content (AvgIpc) is 2.87. The van der Waals surface area contributed by atoms with Gasteiger partial charge in [0.15, 0.2) is 5.13 Å². The van der Waals surface area contributed by atoms with E-state index in [0.717, 1.165) is 28.9 Å². The van der Waals surface area contributed by atoms with Crippen molar-refractivity contribution in [1.82, 2.24) is 4.98 Å². The fourth-order valence-corrected chi connectivity index (χ4v) is 2.24. The minimum atomic E-state index is 0.490. The maximum atomic E-state index is 5.53. The zero-order chi connectivity index (χ0) is 11.5. The number of hydrogen-bond acceptors (Lipinski definition) is 5. The zero-order valence-corrected chi connectivity index (χ0v) is 10.3. The van der Waals surface area contributed by atoms with E-state index < -0.39 is 0 Å². The standard InChI is InChI=1S/C11H15N3OS/c1-8-3-4-10(15-8)6-14(2)11-13-9(5-12)7-16-11/h3-4,7H,5-6,12H2,1-2H3. The van der Waals surface area contributed by atoms with Gasteiger partial charge < -0.3 is 15.1 Å². The molecule has 0 amide bonds. The Labute approximate surface area is 98.7 Å². The monoisotopic (exact) mass is 237 g/mol. The van der Waals surface area contributed by atoms with E-state index in [0.29, 0.717) is 6.54 Å². The van der Waals surface area contributed by atoms with E-state index in [1.807, 2.05) is 31.5 Å². The molecule has 0 aliphatic rings. The number of nitrogens with zero attached hydrogens (tertiary/aromatic N) is 2. The van der Waals surface area contributed by atoms with Gasteiger partial charge in [-0.3, -0.25) is 0 Å². The van der Waals surface area contributed by atoms with Crippen molar-refractivity contribution in [2.75, 3.05) is 11.9 Å². The lowest BCUT2D eigenvalue weighted by Crippen LogP contribution is -2.15. The van der Waals surface area contributed by atoms with Crippen molar-refractivity contribution in [3.63, 3.8) is 0 Å². The molecule has 0 atom stereocenters. The Bertz CT molecular complexity index is 463. The number of thiazole rings is 1. The quantitative estimate of drug-likeness (QED) is 0.885. The average molecular weight is 237 g/mol. The second-order valence-corrected chi connectivity index (χ2v) is 4.53. The highest BCUT2D eigenvalue weighted by Crippen LogP contribution is 2.21. The minimum absolute atomic E-state index is 0.490. The van der Waals surface area contributed by atoms with Crippen LogP contribution in [0.3, 0.4) is 0 Å². The van der Waals surface area contributed by atoms with E-state index in [4.69, 9.17) is 10.2 Å². The molecule has 0 bridgehead atoms. The topological polar surface area (TPSA) is 55.3 Å². The molecule has 86 valence electrons. The summed E-state index contributed by atoms with van der Waals surface area (Å²) in [6.07, 6.45) is 0. The van der Waals surface area contributed by atoms with Crippen LogP contribution in [0.2, 0.25) is 0 Å². The highest BCUT2D eigenvalue weighted by molar-refractivity contribution is 7.13. The first-order chi connectivity index (χ1) is 7.69. The molecule has 4 nitrogen and oxygen atoms in total. The molecule has 2 N–H and O–H groups in total. The summed E-state index contributed by atoms with van der Waals surface area (Å²) in [7, 11) is 2.00. The van der Waals surface area contributed by atoms with Gasteiger partial charge in [0.1, 0.15) is 11.5 Å². The van der Waals surface area contributed by atoms with Gasteiger partial charge >= 0.3 is 0 Å². The molecular weight excluding hydrogens is 222 g/mol. The molecule has 0 unspecified atom stereocenters. The maximum absolute atomic E-state index is 5.53. The lowest BCUT2D eigenvalue weighted by molar-refractivity contribution is 0.481. The Balaban J connectivity index is 2.05. The molecule has 2 aromatic heterocycles. The summed E-state index contributed by atoms with van der Waals surface area (Å²) >= 11 is 1.60. The van der Waals surface area contributed by atoms with Gasteiger partial charge in [-0.2, -0.15) is 0 Å². The highest BCUT2D eigenvalue weighted by Gasteiger charge is 2.08. The van der Waals surface area contributed by atoms with Crippen molar-refractivity contribution in [3.05, 3.63) is 34.7 Å². The van der Waals surface area contributed by atoms with Crippen molar-refractivity contribution in [2.24, 2.45) is 5.73 Å². The van der Waals surface area contributed by atoms with Crippen LogP contribution in [0.15, 0.2) is 21.9 Å². The van der Waals surface area contributed by atoms with E-state index in [1.54, 1.807) is 11.3 Å². The number of aryl methyl sites for hydroxylation is 1. The van der Waals surface area contributed by atoms with Gasteiger partial charge in [-0.25, -0.2) is 4.98 Å². The second kappa shape index (κ2) is 4.67. The second-order valence-electron chi connectivity index (χ2n) is 3.69. The van der Waals surface area contributed by atoms with Crippen LogP contribution >= 0.6 is 11.3 Å². The van der Waals surface area contributed by atoms with E-state index in [2.05, 4.69) is 9.88 Å². The van der Waals surface area contributed by atoms with Crippen molar-refractivity contribution < 1.29 is 4.42 Å². The summed E-state index contributed by atoms with van der Waals surface area (Å²) in [6.45, 7) is 3.16. The summed E-state index contributed by atoms with van der Waals surface area (Å²) in [6, 6.07) is 3.96. The van der Waals surface area contributed by atoms with E-state index in [9.17, 15) is 0 Å². The molecule has 2 rings (SSSR count). The molecule has 0 aromatic carbocycles. The van der Waals surface area contributed by atoms with E-state index >= 15 is 0 Å². The van der Waals surface area contributed by atoms with Crippen LogP contribution in [0, 0.1) is 6.92 Å². The van der Waals surface area contributed by atoms with E-state index in [-0.39, 0.29) is 0 Å². The first-order valence-electron chi connectivity index (χ1n) is 5.10. The van der Waals surface area contributed by atoms with E-state index in [1.165, 1.54) is 0 Å². The van der Waals surface area contributed by atoms with Gasteiger partial charge in [-0.1, -0.05) is 0 Å². The normalized spacial score (nSPS) is 10.7. The lowest BCUT2D eigenvalue weighted by Gasteiger charge is -2.13. The van der Waals surface area contributed by atoms with Crippen LogP contribution in [0.1, 0.15) is 17.2 Å². The van der Waals surface area contributed by atoms with Gasteiger partial charge in [0.2, 0.25) is 0 Å². The van der Waals surface area contributed by atoms with Crippen molar-refractivity contribution in [3.8, 4) is 0 Å². The molecule has 0 spiro atoms. The molecule has 0 aliphatic heterocycles. The summed E-state index contributed by atoms with van der Waals surface area (Å²) in [4.78, 5) is 6.47. The SMILES string of the molecule is Cc1ccc(CN(C)c2nc(CN)cs2)o1. The Morgan fingerprint density at radius 3 is 2.88 bits per heavy atom. The summed E-state index contributed by atoms with van der Waals surface area (Å²) in [5.74, 6) is 1.88. The van der Waals surface area contributed by atoms with Crippen LogP contribution in [-0.4, -0.2) is 12.0 Å². The maximum Gasteiger partial charge on any atom is 0.185 e. The predicted molar refractivity (Wildman–Crippen MR) is 65.6 cm³/mol. The zero-order valence-electron chi connectivity index (χ0n) is 9.43.